The first kappa shape index (κ1) is 18.7. The van der Waals surface area contributed by atoms with Crippen molar-refractivity contribution >= 4 is 17.5 Å². The van der Waals surface area contributed by atoms with E-state index in [2.05, 4.69) is 34.6 Å². The highest BCUT2D eigenvalue weighted by atomic mass is 35.5. The molecule has 0 unspecified atom stereocenters. The Morgan fingerprint density at radius 3 is 2.21 bits per heavy atom. The Morgan fingerprint density at radius 1 is 0.958 bits per heavy atom. The zero-order valence-corrected chi connectivity index (χ0v) is 14.8. The second-order valence-corrected chi connectivity index (χ2v) is 6.13. The monoisotopic (exact) mass is 364 g/mol. The number of rotatable bonds is 4. The van der Waals surface area contributed by atoms with E-state index in [1.807, 2.05) is 11.1 Å². The predicted molar refractivity (Wildman–Crippen MR) is 92.2 cm³/mol. The number of nitrogens with zero attached hydrogens (tertiary/aromatic N) is 2. The molecule has 1 heterocycles. The molecule has 1 saturated heterocycles. The summed E-state index contributed by atoms with van der Waals surface area (Å²) in [5.74, 6) is -0.0850. The molecule has 2 aromatic rings. The van der Waals surface area contributed by atoms with Gasteiger partial charge < -0.3 is 12.4 Å². The molecule has 0 bridgehead atoms. The van der Waals surface area contributed by atoms with Gasteiger partial charge in [-0.1, -0.05) is 41.9 Å². The lowest BCUT2D eigenvalue weighted by Crippen LogP contribution is -3.00. The highest BCUT2D eigenvalue weighted by Gasteiger charge is 2.18. The fraction of sp³-hybridized carbons (Fsp3) is 0.278. The quantitative estimate of drug-likeness (QED) is 0.816. The first-order valence-electron chi connectivity index (χ1n) is 7.78. The number of carbonyl (C=O) groups excluding carboxylic acids is 1. The number of hydrogen-bond donors (Lipinski definition) is 1. The normalized spacial score (nSPS) is 15.5. The van der Waals surface area contributed by atoms with Gasteiger partial charge in [0.15, 0.2) is 0 Å². The fourth-order valence-corrected chi connectivity index (χ4v) is 2.79. The van der Waals surface area contributed by atoms with E-state index in [0.29, 0.717) is 10.6 Å². The van der Waals surface area contributed by atoms with Crippen LogP contribution in [-0.2, 0) is 6.54 Å². The van der Waals surface area contributed by atoms with Crippen molar-refractivity contribution < 1.29 is 17.2 Å². The highest BCUT2D eigenvalue weighted by Crippen LogP contribution is 2.10. The number of benzene rings is 2. The smallest absolute Gasteiger partial charge is 0.265 e. The van der Waals surface area contributed by atoms with Crippen molar-refractivity contribution in [2.24, 2.45) is 0 Å². The van der Waals surface area contributed by atoms with E-state index in [9.17, 15) is 4.79 Å². The Bertz CT molecular complexity index is 641. The molecule has 24 heavy (non-hydrogen) atoms. The third-order valence-electron chi connectivity index (χ3n) is 3.99. The highest BCUT2D eigenvalue weighted by molar-refractivity contribution is 6.30. The Hall–Kier alpha value is -1.59. The minimum atomic E-state index is -0.0850. The van der Waals surface area contributed by atoms with Gasteiger partial charge in [-0.05, 0) is 29.8 Å². The van der Waals surface area contributed by atoms with Crippen LogP contribution >= 0.6 is 11.6 Å². The number of amides is 1. The second kappa shape index (κ2) is 9.04. The molecule has 1 amide bonds. The van der Waals surface area contributed by atoms with E-state index in [4.69, 9.17) is 11.6 Å². The molecule has 2 aromatic carbocycles. The van der Waals surface area contributed by atoms with Gasteiger partial charge in [-0.25, -0.2) is 5.01 Å². The number of halogens is 2. The van der Waals surface area contributed by atoms with Crippen LogP contribution in [0, 0.1) is 0 Å². The molecular formula is C18H20Cl2N3O-. The van der Waals surface area contributed by atoms with Crippen molar-refractivity contribution in [3.05, 3.63) is 70.7 Å². The SMILES string of the molecule is O=C(NN1CCN(Cc2ccccc2)CC1)c1ccc(Cl)cc1.[Cl-]. The molecule has 1 fully saturated rings. The first-order chi connectivity index (χ1) is 11.2. The molecule has 128 valence electrons. The minimum absolute atomic E-state index is 0. The second-order valence-electron chi connectivity index (χ2n) is 5.70. The van der Waals surface area contributed by atoms with Crippen LogP contribution in [0.15, 0.2) is 54.6 Å². The van der Waals surface area contributed by atoms with E-state index in [1.54, 1.807) is 24.3 Å². The molecule has 0 atom stereocenters. The van der Waals surface area contributed by atoms with Gasteiger partial charge in [0, 0.05) is 43.3 Å². The Kier molecular flexibility index (Phi) is 7.06. The third kappa shape index (κ3) is 5.21. The van der Waals surface area contributed by atoms with Gasteiger partial charge in [0.25, 0.3) is 5.91 Å². The van der Waals surface area contributed by atoms with Crippen molar-refractivity contribution in [1.82, 2.24) is 15.3 Å². The van der Waals surface area contributed by atoms with Crippen LogP contribution in [0.2, 0.25) is 5.02 Å². The maximum absolute atomic E-state index is 12.2. The Labute approximate surface area is 153 Å². The van der Waals surface area contributed by atoms with Gasteiger partial charge in [-0.2, -0.15) is 0 Å². The zero-order chi connectivity index (χ0) is 16.1. The van der Waals surface area contributed by atoms with E-state index in [0.717, 1.165) is 32.7 Å². The Morgan fingerprint density at radius 2 is 1.58 bits per heavy atom. The molecule has 0 saturated carbocycles. The van der Waals surface area contributed by atoms with Crippen LogP contribution in [0.4, 0.5) is 0 Å². The van der Waals surface area contributed by atoms with Gasteiger partial charge in [0.1, 0.15) is 0 Å². The number of piperazine rings is 1. The summed E-state index contributed by atoms with van der Waals surface area (Å²) < 4.78 is 0. The summed E-state index contributed by atoms with van der Waals surface area (Å²) in [6, 6.07) is 17.4. The van der Waals surface area contributed by atoms with E-state index >= 15 is 0 Å². The number of hydrogen-bond acceptors (Lipinski definition) is 3. The maximum atomic E-state index is 12.2. The van der Waals surface area contributed by atoms with Crippen molar-refractivity contribution in [2.45, 2.75) is 6.54 Å². The van der Waals surface area contributed by atoms with Crippen molar-refractivity contribution in [2.75, 3.05) is 26.2 Å². The van der Waals surface area contributed by atoms with Gasteiger partial charge in [-0.15, -0.1) is 0 Å². The summed E-state index contributed by atoms with van der Waals surface area (Å²) in [5, 5.41) is 2.62. The topological polar surface area (TPSA) is 35.6 Å². The average molecular weight is 365 g/mol. The molecule has 1 aliphatic rings. The Balaban J connectivity index is 0.00000208. The molecule has 6 heteroatoms. The van der Waals surface area contributed by atoms with Crippen LogP contribution in [0.1, 0.15) is 15.9 Å². The molecule has 3 rings (SSSR count). The average Bonchev–Trinajstić information content (AvgIpc) is 2.58. The van der Waals surface area contributed by atoms with Crippen molar-refractivity contribution in [3.8, 4) is 0 Å². The number of nitrogens with one attached hydrogen (secondary N) is 1. The molecule has 0 radical (unpaired) electrons. The van der Waals surface area contributed by atoms with E-state index in [1.165, 1.54) is 5.56 Å². The molecule has 0 spiro atoms. The molecule has 1 aliphatic heterocycles. The standard InChI is InChI=1S/C18H20ClN3O.ClH/c19-17-8-6-16(7-9-17)18(23)20-22-12-10-21(11-13-22)14-15-4-2-1-3-5-15;/h1-9H,10-14H2,(H,20,23);1H/p-1. The van der Waals surface area contributed by atoms with Gasteiger partial charge in [0.05, 0.1) is 0 Å². The van der Waals surface area contributed by atoms with Crippen LogP contribution in [0.25, 0.3) is 0 Å². The lowest BCUT2D eigenvalue weighted by molar-refractivity contribution is -0.0000147. The summed E-state index contributed by atoms with van der Waals surface area (Å²) in [4.78, 5) is 14.6. The van der Waals surface area contributed by atoms with Crippen LogP contribution in [-0.4, -0.2) is 42.0 Å². The van der Waals surface area contributed by atoms with E-state index in [-0.39, 0.29) is 18.3 Å². The fourth-order valence-electron chi connectivity index (χ4n) is 2.67. The van der Waals surface area contributed by atoms with Crippen molar-refractivity contribution in [1.29, 1.82) is 0 Å². The van der Waals surface area contributed by atoms with Crippen LogP contribution in [0.3, 0.4) is 0 Å². The summed E-state index contributed by atoms with van der Waals surface area (Å²) in [6.07, 6.45) is 0. The summed E-state index contributed by atoms with van der Waals surface area (Å²) in [5.41, 5.74) is 4.91. The zero-order valence-electron chi connectivity index (χ0n) is 13.3. The van der Waals surface area contributed by atoms with Crippen molar-refractivity contribution in [3.63, 3.8) is 0 Å². The number of hydrazine groups is 1. The molecule has 0 aliphatic carbocycles. The van der Waals surface area contributed by atoms with E-state index < -0.39 is 0 Å². The molecule has 1 N–H and O–H groups in total. The third-order valence-corrected chi connectivity index (χ3v) is 4.24. The van der Waals surface area contributed by atoms with Crippen LogP contribution < -0.4 is 17.8 Å². The maximum Gasteiger partial charge on any atom is 0.265 e. The van der Waals surface area contributed by atoms with Gasteiger partial charge in [0.2, 0.25) is 0 Å². The largest absolute Gasteiger partial charge is 1.00 e. The summed E-state index contributed by atoms with van der Waals surface area (Å²) in [7, 11) is 0. The predicted octanol–water partition coefficient (Wildman–Crippen LogP) is -0.193. The van der Waals surface area contributed by atoms with Crippen LogP contribution in [0.5, 0.6) is 0 Å². The summed E-state index contributed by atoms with van der Waals surface area (Å²) >= 11 is 5.84. The molecule has 4 nitrogen and oxygen atoms in total. The van der Waals surface area contributed by atoms with Gasteiger partial charge >= 0.3 is 0 Å². The lowest BCUT2D eigenvalue weighted by atomic mass is 10.2. The molecular weight excluding hydrogens is 345 g/mol. The number of carbonyl (C=O) groups is 1. The van der Waals surface area contributed by atoms with Gasteiger partial charge in [-0.3, -0.25) is 15.1 Å². The minimum Gasteiger partial charge on any atom is -1.00 e. The molecule has 0 aromatic heterocycles. The summed E-state index contributed by atoms with van der Waals surface area (Å²) in [6.45, 7) is 4.49. The first-order valence-corrected chi connectivity index (χ1v) is 8.16. The lowest BCUT2D eigenvalue weighted by Gasteiger charge is -2.34.